The van der Waals surface area contributed by atoms with Gasteiger partial charge in [-0.3, -0.25) is 4.90 Å². The van der Waals surface area contributed by atoms with Crippen LogP contribution in [0.2, 0.25) is 0 Å². The Balaban J connectivity index is 1.25. The Labute approximate surface area is 237 Å². The van der Waals surface area contributed by atoms with E-state index in [4.69, 9.17) is 9.15 Å². The van der Waals surface area contributed by atoms with Crippen molar-refractivity contribution in [2.45, 2.75) is 45.1 Å². The van der Waals surface area contributed by atoms with Gasteiger partial charge < -0.3 is 30.0 Å². The summed E-state index contributed by atoms with van der Waals surface area (Å²) in [6, 6.07) is 15.4. The fraction of sp³-hybridized carbons (Fsp3) is 0.333. The van der Waals surface area contributed by atoms with Crippen LogP contribution in [0.4, 0.5) is 11.7 Å². The van der Waals surface area contributed by atoms with Gasteiger partial charge in [-0.2, -0.15) is 0 Å². The topological polar surface area (TPSA) is 150 Å². The van der Waals surface area contributed by atoms with Crippen molar-refractivity contribution in [3.63, 3.8) is 0 Å². The van der Waals surface area contributed by atoms with Gasteiger partial charge in [-0.1, -0.05) is 29.4 Å². The molecular weight excluding hydrogens is 526 g/mol. The zero-order valence-electron chi connectivity index (χ0n) is 23.2. The molecule has 3 aromatic rings. The van der Waals surface area contributed by atoms with E-state index in [0.717, 1.165) is 31.7 Å². The number of piperidine rings is 1. The first-order valence-corrected chi connectivity index (χ1v) is 13.4. The molecule has 0 aliphatic carbocycles. The third kappa shape index (κ3) is 6.09. The van der Waals surface area contributed by atoms with Crippen molar-refractivity contribution in [2.75, 3.05) is 25.5 Å². The second-order valence-corrected chi connectivity index (χ2v) is 10.3. The van der Waals surface area contributed by atoms with Gasteiger partial charge in [-0.15, -0.1) is 5.10 Å². The van der Waals surface area contributed by atoms with E-state index in [9.17, 15) is 19.8 Å². The number of carboxylic acids is 2. The highest BCUT2D eigenvalue weighted by molar-refractivity contribution is 5.98. The van der Waals surface area contributed by atoms with Gasteiger partial charge in [-0.25, -0.2) is 9.59 Å². The highest BCUT2D eigenvalue weighted by Crippen LogP contribution is 2.39. The number of aromatic nitrogens is 2. The maximum Gasteiger partial charge on any atom is 0.334 e. The predicted octanol–water partition coefficient (Wildman–Crippen LogP) is 4.61. The van der Waals surface area contributed by atoms with Crippen molar-refractivity contribution >= 4 is 23.6 Å². The number of aliphatic carboxylic acids is 2. The third-order valence-corrected chi connectivity index (χ3v) is 7.67. The van der Waals surface area contributed by atoms with Gasteiger partial charge in [0.15, 0.2) is 0 Å². The van der Waals surface area contributed by atoms with Gasteiger partial charge >= 0.3 is 18.0 Å². The molecule has 11 nitrogen and oxygen atoms in total. The van der Waals surface area contributed by atoms with Crippen LogP contribution in [-0.4, -0.2) is 57.4 Å². The molecule has 41 heavy (non-hydrogen) atoms. The van der Waals surface area contributed by atoms with Crippen molar-refractivity contribution < 1.29 is 29.0 Å². The Kier molecular flexibility index (Phi) is 8.06. The van der Waals surface area contributed by atoms with E-state index in [1.54, 1.807) is 45.2 Å². The quantitative estimate of drug-likeness (QED) is 0.291. The molecule has 11 heteroatoms. The molecule has 1 aromatic heterocycles. The monoisotopic (exact) mass is 559 g/mol. The van der Waals surface area contributed by atoms with E-state index in [2.05, 4.69) is 37.9 Å². The van der Waals surface area contributed by atoms with Crippen LogP contribution in [0.25, 0.3) is 0 Å². The molecule has 2 aliphatic rings. The van der Waals surface area contributed by atoms with E-state index in [1.807, 2.05) is 12.1 Å². The first-order valence-electron chi connectivity index (χ1n) is 13.4. The van der Waals surface area contributed by atoms with Crippen LogP contribution in [0.15, 0.2) is 75.5 Å². The molecule has 0 radical (unpaired) electrons. The molecule has 1 saturated heterocycles. The molecule has 0 unspecified atom stereocenters. The minimum atomic E-state index is -1.18. The molecule has 3 heterocycles. The summed E-state index contributed by atoms with van der Waals surface area (Å²) < 4.78 is 11.2. The normalized spacial score (nSPS) is 17.0. The molecule has 0 atom stereocenters. The van der Waals surface area contributed by atoms with Gasteiger partial charge in [0, 0.05) is 17.1 Å². The smallest absolute Gasteiger partial charge is 0.334 e. The molecule has 0 spiro atoms. The first kappa shape index (κ1) is 27.9. The van der Waals surface area contributed by atoms with Crippen LogP contribution in [0.1, 0.15) is 55.5 Å². The number of rotatable bonds is 9. The largest absolute Gasteiger partial charge is 0.497 e. The summed E-state index contributed by atoms with van der Waals surface area (Å²) in [4.78, 5) is 26.5. The lowest BCUT2D eigenvalue weighted by Crippen LogP contribution is -2.32. The Morgan fingerprint density at radius 2 is 1.66 bits per heavy atom. The predicted molar refractivity (Wildman–Crippen MR) is 151 cm³/mol. The number of carbonyl (C=O) groups is 2. The number of dihydropyridines is 1. The lowest BCUT2D eigenvalue weighted by Gasteiger charge is -2.31. The second-order valence-electron chi connectivity index (χ2n) is 10.3. The number of nitrogens with zero attached hydrogens (tertiary/aromatic N) is 3. The van der Waals surface area contributed by atoms with Crippen LogP contribution in [0.3, 0.4) is 0 Å². The molecule has 2 aliphatic heterocycles. The molecular formula is C30H33N5O6. The summed E-state index contributed by atoms with van der Waals surface area (Å²) in [6.07, 6.45) is 2.04. The maximum absolute atomic E-state index is 12.1. The second kappa shape index (κ2) is 11.8. The van der Waals surface area contributed by atoms with Gasteiger partial charge in [0.2, 0.25) is 5.89 Å². The maximum atomic E-state index is 12.1. The highest BCUT2D eigenvalue weighted by atomic mass is 16.5. The molecule has 0 amide bonds. The Morgan fingerprint density at radius 3 is 2.32 bits per heavy atom. The van der Waals surface area contributed by atoms with Crippen LogP contribution in [0, 0.1) is 0 Å². The van der Waals surface area contributed by atoms with Crippen molar-refractivity contribution in [2.24, 2.45) is 0 Å². The average Bonchev–Trinajstić information content (AvgIpc) is 3.39. The summed E-state index contributed by atoms with van der Waals surface area (Å²) >= 11 is 0. The first-order chi connectivity index (χ1) is 19.7. The van der Waals surface area contributed by atoms with Gasteiger partial charge in [0.25, 0.3) is 0 Å². The van der Waals surface area contributed by atoms with Gasteiger partial charge in [0.1, 0.15) is 5.75 Å². The number of hydrogen-bond acceptors (Lipinski definition) is 9. The number of methoxy groups -OCH3 is 1. The average molecular weight is 560 g/mol. The lowest BCUT2D eigenvalue weighted by molar-refractivity contribution is -0.133. The minimum Gasteiger partial charge on any atom is -0.497 e. The molecule has 0 saturated carbocycles. The van der Waals surface area contributed by atoms with E-state index >= 15 is 0 Å². The summed E-state index contributed by atoms with van der Waals surface area (Å²) in [5.74, 6) is -1.47. The van der Waals surface area contributed by atoms with Crippen LogP contribution in [-0.2, 0) is 16.1 Å². The molecule has 4 N–H and O–H groups in total. The number of nitrogens with one attached hydrogen (secondary N) is 2. The van der Waals surface area contributed by atoms with Crippen molar-refractivity contribution in [3.8, 4) is 5.75 Å². The molecule has 5 rings (SSSR count). The fourth-order valence-electron chi connectivity index (χ4n) is 5.69. The van der Waals surface area contributed by atoms with E-state index in [-0.39, 0.29) is 17.2 Å². The third-order valence-electron chi connectivity index (χ3n) is 7.67. The van der Waals surface area contributed by atoms with Crippen molar-refractivity contribution in [3.05, 3.63) is 88.1 Å². The minimum absolute atomic E-state index is 0.0135. The number of anilines is 2. The van der Waals surface area contributed by atoms with E-state index < -0.39 is 17.9 Å². The van der Waals surface area contributed by atoms with Crippen LogP contribution in [0.5, 0.6) is 5.75 Å². The SMILES string of the molecule is COc1cccc(C2CCN(Cc3nnc(Nc4cccc(C5C(C(=O)O)=C(C)NC(C)=C5C(=O)O)c4)o3)CC2)c1. The summed E-state index contributed by atoms with van der Waals surface area (Å²) in [5, 5.41) is 34.1. The number of benzene rings is 2. The fourth-order valence-corrected chi connectivity index (χ4v) is 5.69. The van der Waals surface area contributed by atoms with Crippen LogP contribution >= 0.6 is 0 Å². The van der Waals surface area contributed by atoms with Gasteiger partial charge in [0.05, 0.1) is 30.7 Å². The zero-order valence-corrected chi connectivity index (χ0v) is 23.2. The Morgan fingerprint density at radius 1 is 1.00 bits per heavy atom. The van der Waals surface area contributed by atoms with Gasteiger partial charge in [-0.05, 0) is 81.1 Å². The molecule has 2 aromatic carbocycles. The van der Waals surface area contributed by atoms with Crippen LogP contribution < -0.4 is 15.4 Å². The number of carboxylic acid groups (broad SMARTS) is 2. The highest BCUT2D eigenvalue weighted by Gasteiger charge is 2.36. The number of ether oxygens (including phenoxy) is 1. The molecule has 0 bridgehead atoms. The van der Waals surface area contributed by atoms with E-state index in [0.29, 0.717) is 41.0 Å². The Bertz CT molecular complexity index is 1480. The molecule has 214 valence electrons. The number of likely N-dealkylation sites (tertiary alicyclic amines) is 1. The van der Waals surface area contributed by atoms with E-state index in [1.165, 1.54) is 5.56 Å². The van der Waals surface area contributed by atoms with Crippen molar-refractivity contribution in [1.29, 1.82) is 0 Å². The summed E-state index contributed by atoms with van der Waals surface area (Å²) in [5.41, 5.74) is 3.15. The van der Waals surface area contributed by atoms with Crippen molar-refractivity contribution in [1.82, 2.24) is 20.4 Å². The lowest BCUT2D eigenvalue weighted by atomic mass is 9.80. The number of allylic oxidation sites excluding steroid dienone is 2. The zero-order chi connectivity index (χ0) is 29.1. The molecule has 1 fully saturated rings. The summed E-state index contributed by atoms with van der Waals surface area (Å²) in [6.45, 7) is 5.60. The standard InChI is InChI=1S/C30H33N5O6/c1-17-25(28(36)37)27(26(29(38)39)18(2)31-17)21-7-4-8-22(14-21)32-30-34-33-24(41-30)16-35-12-10-19(11-13-35)20-6-5-9-23(15-20)40-3/h4-9,14-15,19,27,31H,10-13,16H2,1-3H3,(H,32,34)(H,36,37)(H,38,39). The number of hydrogen-bond donors (Lipinski definition) is 4. The summed E-state index contributed by atoms with van der Waals surface area (Å²) in [7, 11) is 1.68. The Hall–Kier alpha value is -4.64.